The van der Waals surface area contributed by atoms with Crippen molar-refractivity contribution in [3.05, 3.63) is 0 Å². The summed E-state index contributed by atoms with van der Waals surface area (Å²) >= 11 is 0. The van der Waals surface area contributed by atoms with Crippen LogP contribution in [0.15, 0.2) is 4.99 Å². The highest BCUT2D eigenvalue weighted by Crippen LogP contribution is 2.29. The van der Waals surface area contributed by atoms with Crippen molar-refractivity contribution in [1.82, 2.24) is 10.2 Å². The van der Waals surface area contributed by atoms with Crippen LogP contribution in [0.25, 0.3) is 0 Å². The molecule has 0 fully saturated rings. The van der Waals surface area contributed by atoms with E-state index in [1.807, 2.05) is 0 Å². The first-order chi connectivity index (χ1) is 7.17. The third kappa shape index (κ3) is 3.79. The van der Waals surface area contributed by atoms with E-state index >= 15 is 0 Å². The van der Waals surface area contributed by atoms with Gasteiger partial charge in [0.05, 0.1) is 6.54 Å². The molecular weight excluding hydrogens is 313 g/mol. The van der Waals surface area contributed by atoms with E-state index in [2.05, 4.69) is 43.0 Å². The van der Waals surface area contributed by atoms with E-state index in [4.69, 9.17) is 0 Å². The zero-order valence-corrected chi connectivity index (χ0v) is 13.4. The molecule has 0 aromatic heterocycles. The van der Waals surface area contributed by atoms with Crippen LogP contribution in [0.2, 0.25) is 0 Å². The van der Waals surface area contributed by atoms with Gasteiger partial charge in [-0.3, -0.25) is 4.99 Å². The largest absolute Gasteiger partial charge is 0.356 e. The molecule has 96 valence electrons. The summed E-state index contributed by atoms with van der Waals surface area (Å²) in [5, 5.41) is 3.50. The Morgan fingerprint density at radius 1 is 1.25 bits per heavy atom. The molecule has 1 aliphatic heterocycles. The molecule has 1 N–H and O–H groups in total. The fourth-order valence-electron chi connectivity index (χ4n) is 2.11. The maximum Gasteiger partial charge on any atom is 0.193 e. The van der Waals surface area contributed by atoms with Crippen LogP contribution < -0.4 is 5.32 Å². The van der Waals surface area contributed by atoms with Crippen molar-refractivity contribution < 1.29 is 0 Å². The monoisotopic (exact) mass is 339 g/mol. The highest BCUT2D eigenvalue weighted by Gasteiger charge is 2.25. The Hall–Kier alpha value is 0. The predicted molar refractivity (Wildman–Crippen MR) is 81.7 cm³/mol. The number of halogens is 1. The number of nitrogens with zero attached hydrogens (tertiary/aromatic N) is 2. The van der Waals surface area contributed by atoms with Gasteiger partial charge in [0.2, 0.25) is 0 Å². The van der Waals surface area contributed by atoms with Gasteiger partial charge in [-0.15, -0.1) is 24.0 Å². The van der Waals surface area contributed by atoms with Crippen molar-refractivity contribution in [1.29, 1.82) is 0 Å². The molecule has 1 aliphatic rings. The van der Waals surface area contributed by atoms with Crippen LogP contribution >= 0.6 is 24.0 Å². The second-order valence-electron chi connectivity index (χ2n) is 4.54. The Kier molecular flexibility index (Phi) is 7.35. The van der Waals surface area contributed by atoms with Gasteiger partial charge in [-0.25, -0.2) is 0 Å². The molecule has 0 spiro atoms. The third-order valence-electron chi connectivity index (χ3n) is 3.93. The van der Waals surface area contributed by atoms with Gasteiger partial charge >= 0.3 is 0 Å². The first-order valence-corrected chi connectivity index (χ1v) is 6.17. The second kappa shape index (κ2) is 7.35. The average Bonchev–Trinajstić information content (AvgIpc) is 2.67. The van der Waals surface area contributed by atoms with E-state index in [1.54, 1.807) is 0 Å². The number of guanidine groups is 1. The summed E-state index contributed by atoms with van der Waals surface area (Å²) in [6, 6.07) is 0. The SMILES string of the molecule is CCC(CC)(CC)CNC1=NCCN1C.I. The third-order valence-corrected chi connectivity index (χ3v) is 3.93. The van der Waals surface area contributed by atoms with Gasteiger partial charge in [0, 0.05) is 20.1 Å². The Bertz CT molecular complexity index is 216. The lowest BCUT2D eigenvalue weighted by Gasteiger charge is -2.31. The minimum Gasteiger partial charge on any atom is -0.356 e. The van der Waals surface area contributed by atoms with Gasteiger partial charge in [0.25, 0.3) is 0 Å². The molecule has 0 saturated carbocycles. The quantitative estimate of drug-likeness (QED) is 0.780. The second-order valence-corrected chi connectivity index (χ2v) is 4.54. The molecule has 0 aromatic rings. The number of rotatable bonds is 5. The molecule has 16 heavy (non-hydrogen) atoms. The van der Waals surface area contributed by atoms with E-state index in [9.17, 15) is 0 Å². The van der Waals surface area contributed by atoms with Crippen LogP contribution in [0.3, 0.4) is 0 Å². The van der Waals surface area contributed by atoms with Gasteiger partial charge < -0.3 is 10.2 Å². The number of aliphatic imine (C=N–C) groups is 1. The summed E-state index contributed by atoms with van der Waals surface area (Å²) < 4.78 is 0. The minimum absolute atomic E-state index is 0. The van der Waals surface area contributed by atoms with Gasteiger partial charge in [-0.1, -0.05) is 20.8 Å². The van der Waals surface area contributed by atoms with Crippen molar-refractivity contribution in [3.63, 3.8) is 0 Å². The highest BCUT2D eigenvalue weighted by molar-refractivity contribution is 14.0. The fraction of sp³-hybridized carbons (Fsp3) is 0.917. The number of likely N-dealkylation sites (N-methyl/N-ethyl adjacent to an activating group) is 1. The van der Waals surface area contributed by atoms with Crippen LogP contribution in [0, 0.1) is 5.41 Å². The molecule has 0 aliphatic carbocycles. The molecule has 0 radical (unpaired) electrons. The fourth-order valence-corrected chi connectivity index (χ4v) is 2.11. The van der Waals surface area contributed by atoms with Gasteiger partial charge in [0.15, 0.2) is 5.96 Å². The van der Waals surface area contributed by atoms with Crippen LogP contribution in [0.1, 0.15) is 40.0 Å². The summed E-state index contributed by atoms with van der Waals surface area (Å²) in [6.45, 7) is 9.91. The summed E-state index contributed by atoms with van der Waals surface area (Å²) in [4.78, 5) is 6.65. The Morgan fingerprint density at radius 3 is 2.19 bits per heavy atom. The van der Waals surface area contributed by atoms with Crippen LogP contribution in [-0.4, -0.2) is 37.5 Å². The molecule has 0 aromatic carbocycles. The Labute approximate surface area is 117 Å². The normalized spacial score (nSPS) is 15.8. The summed E-state index contributed by atoms with van der Waals surface area (Å²) in [5.41, 5.74) is 0.450. The highest BCUT2D eigenvalue weighted by atomic mass is 127. The Balaban J connectivity index is 0.00000225. The molecular formula is C12H26IN3. The lowest BCUT2D eigenvalue weighted by Crippen LogP contribution is -2.42. The van der Waals surface area contributed by atoms with E-state index in [1.165, 1.54) is 19.3 Å². The maximum absolute atomic E-state index is 4.45. The maximum atomic E-state index is 4.45. The van der Waals surface area contributed by atoms with Crippen molar-refractivity contribution in [3.8, 4) is 0 Å². The van der Waals surface area contributed by atoms with Crippen molar-refractivity contribution in [2.75, 3.05) is 26.7 Å². The predicted octanol–water partition coefficient (Wildman–Crippen LogP) is 2.71. The zero-order chi connectivity index (χ0) is 11.3. The summed E-state index contributed by atoms with van der Waals surface area (Å²) in [7, 11) is 2.10. The molecule has 0 amide bonds. The molecule has 0 atom stereocenters. The summed E-state index contributed by atoms with van der Waals surface area (Å²) in [5.74, 6) is 1.08. The van der Waals surface area contributed by atoms with Crippen molar-refractivity contribution in [2.45, 2.75) is 40.0 Å². The van der Waals surface area contributed by atoms with Gasteiger partial charge in [0.1, 0.15) is 0 Å². The minimum atomic E-state index is 0. The molecule has 3 nitrogen and oxygen atoms in total. The lowest BCUT2D eigenvalue weighted by atomic mass is 9.80. The van der Waals surface area contributed by atoms with Crippen LogP contribution in [0.5, 0.6) is 0 Å². The first kappa shape index (κ1) is 16.0. The number of hydrogen-bond donors (Lipinski definition) is 1. The first-order valence-electron chi connectivity index (χ1n) is 6.17. The summed E-state index contributed by atoms with van der Waals surface area (Å²) in [6.07, 6.45) is 3.72. The van der Waals surface area contributed by atoms with Crippen molar-refractivity contribution in [2.24, 2.45) is 10.4 Å². The molecule has 0 unspecified atom stereocenters. The van der Waals surface area contributed by atoms with Gasteiger partial charge in [-0.05, 0) is 24.7 Å². The topological polar surface area (TPSA) is 27.6 Å². The lowest BCUT2D eigenvalue weighted by molar-refractivity contribution is 0.249. The Morgan fingerprint density at radius 2 is 1.81 bits per heavy atom. The zero-order valence-electron chi connectivity index (χ0n) is 11.0. The van der Waals surface area contributed by atoms with Crippen LogP contribution in [-0.2, 0) is 0 Å². The molecule has 0 bridgehead atoms. The number of hydrogen-bond acceptors (Lipinski definition) is 3. The van der Waals surface area contributed by atoms with E-state index in [0.717, 1.165) is 25.6 Å². The van der Waals surface area contributed by atoms with E-state index < -0.39 is 0 Å². The smallest absolute Gasteiger partial charge is 0.193 e. The van der Waals surface area contributed by atoms with E-state index in [0.29, 0.717) is 5.41 Å². The number of nitrogens with one attached hydrogen (secondary N) is 1. The van der Waals surface area contributed by atoms with Gasteiger partial charge in [-0.2, -0.15) is 0 Å². The molecule has 4 heteroatoms. The molecule has 1 rings (SSSR count). The average molecular weight is 339 g/mol. The van der Waals surface area contributed by atoms with Crippen molar-refractivity contribution >= 4 is 29.9 Å². The van der Waals surface area contributed by atoms with E-state index in [-0.39, 0.29) is 24.0 Å². The standard InChI is InChI=1S/C12H25N3.HI/c1-5-12(6-2,7-3)10-14-11-13-8-9-15(11)4;/h5-10H2,1-4H3,(H,13,14);1H. The van der Waals surface area contributed by atoms with Crippen LogP contribution in [0.4, 0.5) is 0 Å². The molecule has 1 heterocycles. The molecule has 0 saturated heterocycles.